The average Bonchev–Trinajstić information content (AvgIpc) is 2.56. The van der Waals surface area contributed by atoms with Gasteiger partial charge in [-0.3, -0.25) is 4.79 Å². The molecule has 0 bridgehead atoms. The number of ether oxygens (including phenoxy) is 1. The van der Waals surface area contributed by atoms with Crippen molar-refractivity contribution in [2.75, 3.05) is 18.5 Å². The molecule has 5 nitrogen and oxygen atoms in total. The highest BCUT2D eigenvalue weighted by Crippen LogP contribution is 2.19. The molecule has 1 amide bonds. The van der Waals surface area contributed by atoms with E-state index in [1.807, 2.05) is 43.3 Å². The van der Waals surface area contributed by atoms with E-state index in [4.69, 9.17) is 16.3 Å². The third kappa shape index (κ3) is 5.64. The highest BCUT2D eigenvalue weighted by molar-refractivity contribution is 6.33. The van der Waals surface area contributed by atoms with E-state index in [-0.39, 0.29) is 12.5 Å². The van der Waals surface area contributed by atoms with Crippen molar-refractivity contribution in [1.29, 1.82) is 0 Å². The lowest BCUT2D eigenvalue weighted by molar-refractivity contribution is -0.119. The van der Waals surface area contributed by atoms with Gasteiger partial charge in [-0.1, -0.05) is 23.7 Å². The first kappa shape index (κ1) is 16.8. The second kappa shape index (κ2) is 8.80. The summed E-state index contributed by atoms with van der Waals surface area (Å²) >= 11 is 5.99. The number of hydrogen-bond acceptors (Lipinski definition) is 4. The van der Waals surface area contributed by atoms with E-state index in [2.05, 4.69) is 15.8 Å². The quantitative estimate of drug-likeness (QED) is 0.604. The van der Waals surface area contributed by atoms with E-state index in [0.717, 1.165) is 11.3 Å². The summed E-state index contributed by atoms with van der Waals surface area (Å²) in [6.07, 6.45) is 1.57. The zero-order valence-electron chi connectivity index (χ0n) is 12.8. The predicted molar refractivity (Wildman–Crippen MR) is 93.3 cm³/mol. The number of nitrogens with one attached hydrogen (secondary N) is 2. The molecule has 0 heterocycles. The molecule has 0 spiro atoms. The Hall–Kier alpha value is -2.53. The Morgan fingerprint density at radius 2 is 1.96 bits per heavy atom. The summed E-state index contributed by atoms with van der Waals surface area (Å²) in [5.41, 5.74) is 4.03. The summed E-state index contributed by atoms with van der Waals surface area (Å²) in [6.45, 7) is 2.65. The Morgan fingerprint density at radius 3 is 2.65 bits per heavy atom. The average molecular weight is 332 g/mol. The van der Waals surface area contributed by atoms with Gasteiger partial charge in [0.1, 0.15) is 5.75 Å². The SMILES string of the molecule is CCOc1ccc(/C=N\NC(=O)CNc2ccccc2Cl)cc1. The first-order valence-electron chi connectivity index (χ1n) is 7.22. The van der Waals surface area contributed by atoms with Crippen LogP contribution in [-0.2, 0) is 4.79 Å². The fourth-order valence-electron chi connectivity index (χ4n) is 1.82. The van der Waals surface area contributed by atoms with E-state index in [1.54, 1.807) is 18.3 Å². The van der Waals surface area contributed by atoms with Gasteiger partial charge in [0.15, 0.2) is 0 Å². The van der Waals surface area contributed by atoms with Crippen LogP contribution in [0.5, 0.6) is 5.75 Å². The Labute approximate surface area is 140 Å². The van der Waals surface area contributed by atoms with Crippen LogP contribution in [0.2, 0.25) is 5.02 Å². The number of anilines is 1. The minimum absolute atomic E-state index is 0.0876. The largest absolute Gasteiger partial charge is 0.494 e. The van der Waals surface area contributed by atoms with Crippen molar-refractivity contribution in [3.05, 3.63) is 59.1 Å². The lowest BCUT2D eigenvalue weighted by Crippen LogP contribution is -2.25. The third-order valence-corrected chi connectivity index (χ3v) is 3.24. The van der Waals surface area contributed by atoms with Gasteiger partial charge in [0.25, 0.3) is 5.91 Å². The number of carbonyl (C=O) groups excluding carboxylic acids is 1. The van der Waals surface area contributed by atoms with Crippen molar-refractivity contribution in [2.45, 2.75) is 6.92 Å². The molecule has 0 aliphatic carbocycles. The van der Waals surface area contributed by atoms with Gasteiger partial charge in [0.2, 0.25) is 0 Å². The van der Waals surface area contributed by atoms with Crippen molar-refractivity contribution in [3.8, 4) is 5.75 Å². The van der Waals surface area contributed by atoms with E-state index >= 15 is 0 Å². The highest BCUT2D eigenvalue weighted by Gasteiger charge is 2.02. The molecular formula is C17H18ClN3O2. The second-order valence-corrected chi connectivity index (χ2v) is 5.04. The second-order valence-electron chi connectivity index (χ2n) is 4.63. The lowest BCUT2D eigenvalue weighted by Gasteiger charge is -2.06. The van der Waals surface area contributed by atoms with Crippen LogP contribution in [0.1, 0.15) is 12.5 Å². The molecule has 0 aliphatic rings. The number of carbonyl (C=O) groups is 1. The van der Waals surface area contributed by atoms with Crippen molar-refractivity contribution in [2.24, 2.45) is 5.10 Å². The number of benzene rings is 2. The van der Waals surface area contributed by atoms with Crippen LogP contribution < -0.4 is 15.5 Å². The topological polar surface area (TPSA) is 62.7 Å². The first-order chi connectivity index (χ1) is 11.2. The van der Waals surface area contributed by atoms with Gasteiger partial charge in [0.05, 0.1) is 30.1 Å². The van der Waals surface area contributed by atoms with Gasteiger partial charge in [-0.05, 0) is 48.9 Å². The molecule has 2 rings (SSSR count). The van der Waals surface area contributed by atoms with Gasteiger partial charge >= 0.3 is 0 Å². The molecule has 2 aromatic carbocycles. The number of amides is 1. The smallest absolute Gasteiger partial charge is 0.259 e. The van der Waals surface area contributed by atoms with Gasteiger partial charge in [-0.2, -0.15) is 5.10 Å². The third-order valence-electron chi connectivity index (χ3n) is 2.91. The zero-order valence-corrected chi connectivity index (χ0v) is 13.5. The summed E-state index contributed by atoms with van der Waals surface area (Å²) in [5.74, 6) is 0.546. The van der Waals surface area contributed by atoms with Crippen LogP contribution in [0.4, 0.5) is 5.69 Å². The molecule has 2 aromatic rings. The van der Waals surface area contributed by atoms with Crippen LogP contribution in [0, 0.1) is 0 Å². The maximum absolute atomic E-state index is 11.7. The molecular weight excluding hydrogens is 314 g/mol. The van der Waals surface area contributed by atoms with E-state index < -0.39 is 0 Å². The van der Waals surface area contributed by atoms with Crippen LogP contribution in [-0.4, -0.2) is 25.3 Å². The van der Waals surface area contributed by atoms with Gasteiger partial charge in [-0.25, -0.2) is 5.43 Å². The fraction of sp³-hybridized carbons (Fsp3) is 0.176. The normalized spacial score (nSPS) is 10.5. The van der Waals surface area contributed by atoms with Crippen molar-refractivity contribution in [3.63, 3.8) is 0 Å². The number of halogens is 1. The van der Waals surface area contributed by atoms with E-state index in [1.165, 1.54) is 0 Å². The maximum Gasteiger partial charge on any atom is 0.259 e. The standard InChI is InChI=1S/C17H18ClN3O2/c1-2-23-14-9-7-13(8-10-14)11-20-21-17(22)12-19-16-6-4-3-5-15(16)18/h3-11,19H,2,12H2,1H3,(H,21,22)/b20-11-. The van der Waals surface area contributed by atoms with Crippen molar-refractivity contribution >= 4 is 29.4 Å². The Morgan fingerprint density at radius 1 is 1.22 bits per heavy atom. The zero-order chi connectivity index (χ0) is 16.5. The molecule has 0 unspecified atom stereocenters. The summed E-state index contributed by atoms with van der Waals surface area (Å²) < 4.78 is 5.35. The van der Waals surface area contributed by atoms with Crippen LogP contribution >= 0.6 is 11.6 Å². The summed E-state index contributed by atoms with van der Waals surface area (Å²) in [4.78, 5) is 11.7. The summed E-state index contributed by atoms with van der Waals surface area (Å²) in [5, 5.41) is 7.43. The number of rotatable bonds is 7. The van der Waals surface area contributed by atoms with Gasteiger partial charge < -0.3 is 10.1 Å². The minimum Gasteiger partial charge on any atom is -0.494 e. The number of hydrazone groups is 1. The predicted octanol–water partition coefficient (Wildman–Crippen LogP) is 3.30. The van der Waals surface area contributed by atoms with Gasteiger partial charge in [0, 0.05) is 0 Å². The van der Waals surface area contributed by atoms with E-state index in [9.17, 15) is 4.79 Å². The molecule has 6 heteroatoms. The Kier molecular flexibility index (Phi) is 6.44. The molecule has 0 fully saturated rings. The van der Waals surface area contributed by atoms with Crippen molar-refractivity contribution in [1.82, 2.24) is 5.43 Å². The number of nitrogens with zero attached hydrogens (tertiary/aromatic N) is 1. The fourth-order valence-corrected chi connectivity index (χ4v) is 2.02. The lowest BCUT2D eigenvalue weighted by atomic mass is 10.2. The molecule has 23 heavy (non-hydrogen) atoms. The minimum atomic E-state index is -0.257. The number of hydrogen-bond donors (Lipinski definition) is 2. The molecule has 0 atom stereocenters. The molecule has 0 saturated carbocycles. The monoisotopic (exact) mass is 331 g/mol. The van der Waals surface area contributed by atoms with Gasteiger partial charge in [-0.15, -0.1) is 0 Å². The Balaban J connectivity index is 1.78. The molecule has 0 radical (unpaired) electrons. The highest BCUT2D eigenvalue weighted by atomic mass is 35.5. The van der Waals surface area contributed by atoms with Crippen LogP contribution in [0.3, 0.4) is 0 Å². The molecule has 120 valence electrons. The van der Waals surface area contributed by atoms with Crippen molar-refractivity contribution < 1.29 is 9.53 Å². The molecule has 0 aromatic heterocycles. The summed E-state index contributed by atoms with van der Waals surface area (Å²) in [7, 11) is 0. The molecule has 2 N–H and O–H groups in total. The van der Waals surface area contributed by atoms with E-state index in [0.29, 0.717) is 17.3 Å². The number of para-hydroxylation sites is 1. The first-order valence-corrected chi connectivity index (χ1v) is 7.60. The molecule has 0 aliphatic heterocycles. The summed E-state index contributed by atoms with van der Waals surface area (Å²) in [6, 6.07) is 14.7. The molecule has 0 saturated heterocycles. The van der Waals surface area contributed by atoms with Crippen LogP contribution in [0.15, 0.2) is 53.6 Å². The Bertz CT molecular complexity index is 672. The van der Waals surface area contributed by atoms with Crippen LogP contribution in [0.25, 0.3) is 0 Å². The maximum atomic E-state index is 11.7.